The fraction of sp³-hybridized carbons (Fsp3) is 0.500. The van der Waals surface area contributed by atoms with Gasteiger partial charge in [0, 0.05) is 25.7 Å². The van der Waals surface area contributed by atoms with E-state index >= 15 is 0 Å². The van der Waals surface area contributed by atoms with Gasteiger partial charge in [0.15, 0.2) is 0 Å². The molecule has 1 aromatic rings. The Morgan fingerprint density at radius 2 is 2.06 bits per heavy atom. The Morgan fingerprint density at radius 1 is 1.28 bits per heavy atom. The molecule has 2 nitrogen and oxygen atoms in total. The molecule has 2 heteroatoms. The van der Waals surface area contributed by atoms with Crippen LogP contribution in [0.2, 0.25) is 0 Å². The van der Waals surface area contributed by atoms with Gasteiger partial charge >= 0.3 is 0 Å². The quantitative estimate of drug-likeness (QED) is 0.807. The molecule has 18 heavy (non-hydrogen) atoms. The van der Waals surface area contributed by atoms with Crippen molar-refractivity contribution in [2.45, 2.75) is 38.8 Å². The van der Waals surface area contributed by atoms with E-state index in [-0.39, 0.29) is 0 Å². The zero-order valence-electron chi connectivity index (χ0n) is 11.3. The minimum absolute atomic E-state index is 0.327. The van der Waals surface area contributed by atoms with Crippen LogP contribution in [0.5, 0.6) is 0 Å². The minimum Gasteiger partial charge on any atom is -0.328 e. The van der Waals surface area contributed by atoms with E-state index in [1.54, 1.807) is 5.57 Å². The molecule has 1 unspecified atom stereocenters. The van der Waals surface area contributed by atoms with Crippen molar-refractivity contribution in [2.24, 2.45) is 5.73 Å². The first-order valence-corrected chi connectivity index (χ1v) is 6.94. The first-order chi connectivity index (χ1) is 8.74. The van der Waals surface area contributed by atoms with Gasteiger partial charge in [-0.15, -0.1) is 0 Å². The maximum Gasteiger partial charge on any atom is 0.0237 e. The molecule has 0 amide bonds. The van der Waals surface area contributed by atoms with E-state index in [2.05, 4.69) is 48.2 Å². The second-order valence-electron chi connectivity index (χ2n) is 5.35. The van der Waals surface area contributed by atoms with Crippen molar-refractivity contribution in [1.82, 2.24) is 4.90 Å². The van der Waals surface area contributed by atoms with Crippen molar-refractivity contribution in [3.8, 4) is 0 Å². The fourth-order valence-corrected chi connectivity index (χ4v) is 2.38. The van der Waals surface area contributed by atoms with Crippen LogP contribution in [0.4, 0.5) is 0 Å². The average molecular weight is 244 g/mol. The predicted molar refractivity (Wildman–Crippen MR) is 77.3 cm³/mol. The molecule has 0 saturated heterocycles. The number of rotatable bonds is 5. The molecule has 0 aliphatic carbocycles. The first kappa shape index (κ1) is 13.3. The minimum atomic E-state index is 0.327. The summed E-state index contributed by atoms with van der Waals surface area (Å²) in [5.41, 5.74) is 8.80. The fourth-order valence-electron chi connectivity index (χ4n) is 2.38. The monoisotopic (exact) mass is 244 g/mol. The number of nitrogens with zero attached hydrogens (tertiary/aromatic N) is 1. The molecule has 0 saturated carbocycles. The van der Waals surface area contributed by atoms with Crippen molar-refractivity contribution in [3.63, 3.8) is 0 Å². The third-order valence-corrected chi connectivity index (χ3v) is 3.56. The SMILES string of the molecule is CC(N)CCC1=CCN(Cc2ccccc2)CC1. The number of hydrogen-bond donors (Lipinski definition) is 1. The number of benzene rings is 1. The van der Waals surface area contributed by atoms with Crippen LogP contribution in [0, 0.1) is 0 Å². The smallest absolute Gasteiger partial charge is 0.0237 e. The van der Waals surface area contributed by atoms with Crippen LogP contribution < -0.4 is 5.73 Å². The molecule has 0 aromatic heterocycles. The summed E-state index contributed by atoms with van der Waals surface area (Å²) in [5.74, 6) is 0. The molecular weight excluding hydrogens is 220 g/mol. The molecule has 1 aliphatic rings. The van der Waals surface area contributed by atoms with Gasteiger partial charge in [0.25, 0.3) is 0 Å². The summed E-state index contributed by atoms with van der Waals surface area (Å²) in [5, 5.41) is 0. The highest BCUT2D eigenvalue weighted by molar-refractivity contribution is 5.15. The Bertz CT molecular complexity index is 381. The number of hydrogen-bond acceptors (Lipinski definition) is 2. The van der Waals surface area contributed by atoms with Crippen LogP contribution >= 0.6 is 0 Å². The Kier molecular flexibility index (Phi) is 4.97. The van der Waals surface area contributed by atoms with E-state index in [0.717, 1.165) is 19.5 Å². The zero-order valence-corrected chi connectivity index (χ0v) is 11.3. The van der Waals surface area contributed by atoms with E-state index < -0.39 is 0 Å². The Labute approximate surface area is 110 Å². The Balaban J connectivity index is 1.79. The molecule has 1 aliphatic heterocycles. The Hall–Kier alpha value is -1.12. The second-order valence-corrected chi connectivity index (χ2v) is 5.35. The summed E-state index contributed by atoms with van der Waals surface area (Å²) in [4.78, 5) is 2.50. The summed E-state index contributed by atoms with van der Waals surface area (Å²) >= 11 is 0. The van der Waals surface area contributed by atoms with Gasteiger partial charge in [-0.2, -0.15) is 0 Å². The topological polar surface area (TPSA) is 29.3 Å². The normalized spacial score (nSPS) is 18.4. The van der Waals surface area contributed by atoms with Gasteiger partial charge in [-0.25, -0.2) is 0 Å². The lowest BCUT2D eigenvalue weighted by molar-refractivity contribution is 0.283. The van der Waals surface area contributed by atoms with Crippen molar-refractivity contribution >= 4 is 0 Å². The second kappa shape index (κ2) is 6.72. The van der Waals surface area contributed by atoms with Crippen LogP contribution in [0.3, 0.4) is 0 Å². The lowest BCUT2D eigenvalue weighted by Crippen LogP contribution is -2.28. The summed E-state index contributed by atoms with van der Waals surface area (Å²) in [6, 6.07) is 11.0. The highest BCUT2D eigenvalue weighted by Gasteiger charge is 2.11. The van der Waals surface area contributed by atoms with Gasteiger partial charge in [-0.3, -0.25) is 4.90 Å². The predicted octanol–water partition coefficient (Wildman–Crippen LogP) is 2.95. The van der Waals surface area contributed by atoms with E-state index in [1.165, 1.54) is 24.9 Å². The van der Waals surface area contributed by atoms with Crippen LogP contribution in [0.15, 0.2) is 42.0 Å². The van der Waals surface area contributed by atoms with Crippen molar-refractivity contribution in [2.75, 3.05) is 13.1 Å². The molecule has 1 heterocycles. The van der Waals surface area contributed by atoms with Gasteiger partial charge < -0.3 is 5.73 Å². The molecule has 0 spiro atoms. The number of nitrogens with two attached hydrogens (primary N) is 1. The van der Waals surface area contributed by atoms with Crippen molar-refractivity contribution in [1.29, 1.82) is 0 Å². The lowest BCUT2D eigenvalue weighted by Gasteiger charge is -2.26. The van der Waals surface area contributed by atoms with Crippen LogP contribution in [-0.2, 0) is 6.54 Å². The summed E-state index contributed by atoms with van der Waals surface area (Å²) in [7, 11) is 0. The van der Waals surface area contributed by atoms with Crippen LogP contribution in [-0.4, -0.2) is 24.0 Å². The molecule has 1 atom stereocenters. The van der Waals surface area contributed by atoms with Gasteiger partial charge in [-0.1, -0.05) is 42.0 Å². The van der Waals surface area contributed by atoms with E-state index in [4.69, 9.17) is 5.73 Å². The van der Waals surface area contributed by atoms with Crippen LogP contribution in [0.25, 0.3) is 0 Å². The zero-order chi connectivity index (χ0) is 12.8. The lowest BCUT2D eigenvalue weighted by atomic mass is 10.0. The standard InChI is InChI=1S/C16H24N2/c1-14(17)7-8-15-9-11-18(12-10-15)13-16-5-3-2-4-6-16/h2-6,9,14H,7-8,10-13,17H2,1H3. The summed E-state index contributed by atoms with van der Waals surface area (Å²) in [6.07, 6.45) is 5.90. The van der Waals surface area contributed by atoms with Gasteiger partial charge in [0.2, 0.25) is 0 Å². The van der Waals surface area contributed by atoms with E-state index in [0.29, 0.717) is 6.04 Å². The Morgan fingerprint density at radius 3 is 2.67 bits per heavy atom. The van der Waals surface area contributed by atoms with E-state index in [9.17, 15) is 0 Å². The van der Waals surface area contributed by atoms with Crippen LogP contribution in [0.1, 0.15) is 31.7 Å². The molecule has 0 bridgehead atoms. The third kappa shape index (κ3) is 4.28. The van der Waals surface area contributed by atoms with E-state index in [1.807, 2.05) is 0 Å². The highest BCUT2D eigenvalue weighted by atomic mass is 15.1. The molecule has 0 fully saturated rings. The molecule has 0 radical (unpaired) electrons. The maximum atomic E-state index is 5.80. The molecular formula is C16H24N2. The molecule has 1 aromatic carbocycles. The van der Waals surface area contributed by atoms with Gasteiger partial charge in [-0.05, 0) is 31.7 Å². The van der Waals surface area contributed by atoms with Crippen molar-refractivity contribution < 1.29 is 0 Å². The molecule has 2 N–H and O–H groups in total. The average Bonchev–Trinajstić information content (AvgIpc) is 2.39. The summed E-state index contributed by atoms with van der Waals surface area (Å²) in [6.45, 7) is 5.42. The van der Waals surface area contributed by atoms with Gasteiger partial charge in [0.1, 0.15) is 0 Å². The molecule has 98 valence electrons. The molecule has 2 rings (SSSR count). The highest BCUT2D eigenvalue weighted by Crippen LogP contribution is 2.18. The largest absolute Gasteiger partial charge is 0.328 e. The van der Waals surface area contributed by atoms with Gasteiger partial charge in [0.05, 0.1) is 0 Å². The summed E-state index contributed by atoms with van der Waals surface area (Å²) < 4.78 is 0. The maximum absolute atomic E-state index is 5.80. The third-order valence-electron chi connectivity index (χ3n) is 3.56. The van der Waals surface area contributed by atoms with Crippen molar-refractivity contribution in [3.05, 3.63) is 47.5 Å². The first-order valence-electron chi connectivity index (χ1n) is 6.94.